The van der Waals surface area contributed by atoms with E-state index in [0.717, 1.165) is 25.7 Å². The number of nitrogens with zero attached hydrogens (tertiary/aromatic N) is 2. The average Bonchev–Trinajstić information content (AvgIpc) is 3.06. The molecule has 1 atom stereocenters. The Balaban J connectivity index is 1.64. The van der Waals surface area contributed by atoms with Gasteiger partial charge in [-0.15, -0.1) is 0 Å². The van der Waals surface area contributed by atoms with Crippen molar-refractivity contribution in [1.82, 2.24) is 4.90 Å². The van der Waals surface area contributed by atoms with E-state index in [1.165, 1.54) is 17.4 Å². The van der Waals surface area contributed by atoms with Crippen LogP contribution in [-0.4, -0.2) is 53.7 Å². The molecule has 8 heteroatoms. The van der Waals surface area contributed by atoms with Crippen LogP contribution in [0.15, 0.2) is 18.2 Å². The van der Waals surface area contributed by atoms with Gasteiger partial charge < -0.3 is 26.0 Å². The molecule has 2 fully saturated rings. The standard InChI is InChI=1S/C19H27FN4O3/c1-23(14-5-3-2-4-6-14)16-8-7-13(11-15(16)20)22-18(26)24-10-9-19(27,12-24)17(21)25/h7-8,11,14,27H,2-6,9-10,12H2,1H3,(H2,21,25)(H,22,26)/t19-/m0/s1. The minimum Gasteiger partial charge on any atom is -0.378 e. The molecular formula is C19H27FN4O3. The van der Waals surface area contributed by atoms with Crippen LogP contribution in [0.25, 0.3) is 0 Å². The molecular weight excluding hydrogens is 351 g/mol. The summed E-state index contributed by atoms with van der Waals surface area (Å²) in [6.45, 7) is 0.0371. The lowest BCUT2D eigenvalue weighted by Gasteiger charge is -2.33. The molecule has 1 heterocycles. The van der Waals surface area contributed by atoms with Crippen molar-refractivity contribution < 1.29 is 19.1 Å². The number of nitrogens with one attached hydrogen (secondary N) is 1. The summed E-state index contributed by atoms with van der Waals surface area (Å²) >= 11 is 0. The van der Waals surface area contributed by atoms with Crippen LogP contribution in [0.5, 0.6) is 0 Å². The van der Waals surface area contributed by atoms with Gasteiger partial charge in [-0.2, -0.15) is 0 Å². The zero-order valence-corrected chi connectivity index (χ0v) is 15.6. The van der Waals surface area contributed by atoms with Gasteiger partial charge in [0.2, 0.25) is 0 Å². The number of β-amino-alcohol motifs (C(OH)–C–C–N with tert-alkyl or cyclic N) is 1. The summed E-state index contributed by atoms with van der Waals surface area (Å²) < 4.78 is 14.6. The predicted molar refractivity (Wildman–Crippen MR) is 101 cm³/mol. The summed E-state index contributed by atoms with van der Waals surface area (Å²) in [4.78, 5) is 26.9. The Bertz CT molecular complexity index is 723. The van der Waals surface area contributed by atoms with Crippen LogP contribution in [0.4, 0.5) is 20.6 Å². The van der Waals surface area contributed by atoms with Gasteiger partial charge in [0.05, 0.1) is 12.2 Å². The number of anilines is 2. The van der Waals surface area contributed by atoms with E-state index in [4.69, 9.17) is 5.73 Å². The number of urea groups is 1. The fourth-order valence-electron chi connectivity index (χ4n) is 3.91. The highest BCUT2D eigenvalue weighted by Gasteiger charge is 2.43. The maximum atomic E-state index is 14.6. The van der Waals surface area contributed by atoms with Crippen LogP contribution >= 0.6 is 0 Å². The number of hydrogen-bond acceptors (Lipinski definition) is 4. The quantitative estimate of drug-likeness (QED) is 0.747. The third-order valence-electron chi connectivity index (χ3n) is 5.69. The van der Waals surface area contributed by atoms with Gasteiger partial charge in [0.15, 0.2) is 5.60 Å². The van der Waals surface area contributed by atoms with Gasteiger partial charge in [-0.25, -0.2) is 9.18 Å². The Morgan fingerprint density at radius 2 is 2.04 bits per heavy atom. The van der Waals surface area contributed by atoms with Crippen LogP contribution in [0, 0.1) is 5.82 Å². The van der Waals surface area contributed by atoms with Gasteiger partial charge in [-0.05, 0) is 31.0 Å². The molecule has 2 aliphatic rings. The molecule has 1 aliphatic heterocycles. The van der Waals surface area contributed by atoms with E-state index in [0.29, 0.717) is 17.4 Å². The molecule has 3 amide bonds. The Kier molecular flexibility index (Phi) is 5.55. The zero-order valence-electron chi connectivity index (χ0n) is 15.6. The van der Waals surface area contributed by atoms with E-state index >= 15 is 0 Å². The summed E-state index contributed by atoms with van der Waals surface area (Å²) in [5, 5.41) is 12.7. The van der Waals surface area contributed by atoms with Crippen molar-refractivity contribution in [1.29, 1.82) is 0 Å². The smallest absolute Gasteiger partial charge is 0.321 e. The molecule has 1 saturated carbocycles. The lowest BCUT2D eigenvalue weighted by molar-refractivity contribution is -0.134. The van der Waals surface area contributed by atoms with Crippen molar-refractivity contribution >= 4 is 23.3 Å². The topological polar surface area (TPSA) is 98.9 Å². The van der Waals surface area contributed by atoms with Crippen molar-refractivity contribution in [2.45, 2.75) is 50.2 Å². The summed E-state index contributed by atoms with van der Waals surface area (Å²) in [5.41, 5.74) is 4.32. The highest BCUT2D eigenvalue weighted by atomic mass is 19.1. The largest absolute Gasteiger partial charge is 0.378 e. The molecule has 3 rings (SSSR count). The van der Waals surface area contributed by atoms with Crippen molar-refractivity contribution in [3.8, 4) is 0 Å². The Hall–Kier alpha value is -2.35. The maximum Gasteiger partial charge on any atom is 0.321 e. The fourth-order valence-corrected chi connectivity index (χ4v) is 3.91. The van der Waals surface area contributed by atoms with E-state index < -0.39 is 23.4 Å². The minimum atomic E-state index is -1.70. The van der Waals surface area contributed by atoms with Crippen LogP contribution in [0.1, 0.15) is 38.5 Å². The molecule has 0 unspecified atom stereocenters. The first kappa shape index (κ1) is 19.4. The highest BCUT2D eigenvalue weighted by molar-refractivity contribution is 5.91. The highest BCUT2D eigenvalue weighted by Crippen LogP contribution is 2.29. The second-order valence-electron chi connectivity index (χ2n) is 7.57. The lowest BCUT2D eigenvalue weighted by Crippen LogP contribution is -2.47. The minimum absolute atomic E-state index is 0.0925. The van der Waals surface area contributed by atoms with E-state index in [-0.39, 0.29) is 19.5 Å². The van der Waals surface area contributed by atoms with E-state index in [9.17, 15) is 19.1 Å². The molecule has 27 heavy (non-hydrogen) atoms. The zero-order chi connectivity index (χ0) is 19.6. The van der Waals surface area contributed by atoms with Gasteiger partial charge in [0.25, 0.3) is 5.91 Å². The monoisotopic (exact) mass is 378 g/mol. The second-order valence-corrected chi connectivity index (χ2v) is 7.57. The van der Waals surface area contributed by atoms with Crippen LogP contribution < -0.4 is 16.0 Å². The second kappa shape index (κ2) is 7.72. The third kappa shape index (κ3) is 4.16. The Morgan fingerprint density at radius 3 is 2.63 bits per heavy atom. The molecule has 1 aliphatic carbocycles. The van der Waals surface area contributed by atoms with Crippen LogP contribution in [-0.2, 0) is 4.79 Å². The molecule has 0 bridgehead atoms. The number of benzene rings is 1. The number of aliphatic hydroxyl groups is 1. The summed E-state index contributed by atoms with van der Waals surface area (Å²) in [7, 11) is 1.90. The lowest BCUT2D eigenvalue weighted by atomic mass is 9.94. The molecule has 0 radical (unpaired) electrons. The molecule has 1 aromatic rings. The van der Waals surface area contributed by atoms with E-state index in [2.05, 4.69) is 5.32 Å². The first-order chi connectivity index (χ1) is 12.8. The molecule has 1 saturated heterocycles. The SMILES string of the molecule is CN(c1ccc(NC(=O)N2CC[C@@](O)(C(N)=O)C2)cc1F)C1CCCCC1. The molecule has 0 aromatic heterocycles. The first-order valence-corrected chi connectivity index (χ1v) is 9.41. The molecule has 7 nitrogen and oxygen atoms in total. The molecule has 1 aromatic carbocycles. The van der Waals surface area contributed by atoms with Crippen LogP contribution in [0.2, 0.25) is 0 Å². The number of hydrogen-bond donors (Lipinski definition) is 3. The predicted octanol–water partition coefficient (Wildman–Crippen LogP) is 2.05. The Labute approximate surface area is 158 Å². The van der Waals surface area contributed by atoms with E-state index in [1.54, 1.807) is 12.1 Å². The number of nitrogens with two attached hydrogens (primary N) is 1. The number of primary amides is 1. The van der Waals surface area contributed by atoms with Gasteiger partial charge in [0, 0.05) is 31.7 Å². The van der Waals surface area contributed by atoms with Gasteiger partial charge in [-0.1, -0.05) is 19.3 Å². The number of carbonyl (C=O) groups is 2. The van der Waals surface area contributed by atoms with Crippen molar-refractivity contribution in [3.05, 3.63) is 24.0 Å². The maximum absolute atomic E-state index is 14.6. The van der Waals surface area contributed by atoms with Gasteiger partial charge in [0.1, 0.15) is 5.82 Å². The molecule has 148 valence electrons. The first-order valence-electron chi connectivity index (χ1n) is 9.41. The van der Waals surface area contributed by atoms with Crippen molar-refractivity contribution in [2.24, 2.45) is 5.73 Å². The number of rotatable bonds is 4. The van der Waals surface area contributed by atoms with Crippen LogP contribution in [0.3, 0.4) is 0 Å². The van der Waals surface area contributed by atoms with Gasteiger partial charge in [-0.3, -0.25) is 4.79 Å². The summed E-state index contributed by atoms with van der Waals surface area (Å²) in [6.07, 6.45) is 5.78. The fraction of sp³-hybridized carbons (Fsp3) is 0.579. The summed E-state index contributed by atoms with van der Waals surface area (Å²) in [6, 6.07) is 4.46. The average molecular weight is 378 g/mol. The summed E-state index contributed by atoms with van der Waals surface area (Å²) in [5.74, 6) is -1.24. The van der Waals surface area contributed by atoms with Crippen molar-refractivity contribution in [2.75, 3.05) is 30.4 Å². The molecule has 0 spiro atoms. The third-order valence-corrected chi connectivity index (χ3v) is 5.69. The number of halogens is 1. The number of amides is 3. The Morgan fingerprint density at radius 1 is 1.33 bits per heavy atom. The number of likely N-dealkylation sites (tertiary alicyclic amines) is 1. The van der Waals surface area contributed by atoms with E-state index in [1.807, 2.05) is 11.9 Å². The normalized spacial score (nSPS) is 23.3. The van der Waals surface area contributed by atoms with Gasteiger partial charge >= 0.3 is 6.03 Å². The van der Waals surface area contributed by atoms with Crippen molar-refractivity contribution in [3.63, 3.8) is 0 Å². The molecule has 4 N–H and O–H groups in total. The number of carbonyl (C=O) groups excluding carboxylic acids is 2.